The van der Waals surface area contributed by atoms with Crippen molar-refractivity contribution in [1.82, 2.24) is 19.3 Å². The van der Waals surface area contributed by atoms with Crippen LogP contribution < -0.4 is 0 Å². The Bertz CT molecular complexity index is 3100. The van der Waals surface area contributed by atoms with E-state index >= 15 is 0 Å². The molecule has 4 atom stereocenters. The van der Waals surface area contributed by atoms with Crippen LogP contribution in [0.1, 0.15) is 115 Å². The summed E-state index contributed by atoms with van der Waals surface area (Å²) in [4.78, 5) is 8.58. The van der Waals surface area contributed by atoms with E-state index < -0.39 is 0 Å². The van der Waals surface area contributed by atoms with Gasteiger partial charge in [-0.3, -0.25) is 4.90 Å². The Balaban J connectivity index is 0.814. The second-order valence-electron chi connectivity index (χ2n) is 19.9. The molecule has 3 saturated heterocycles. The van der Waals surface area contributed by atoms with Crippen molar-refractivity contribution in [3.63, 3.8) is 0 Å². The van der Waals surface area contributed by atoms with Gasteiger partial charge in [0.05, 0.1) is 23.1 Å². The zero-order valence-electron chi connectivity index (χ0n) is 38.2. The van der Waals surface area contributed by atoms with Crippen molar-refractivity contribution in [3.8, 4) is 27.9 Å². The van der Waals surface area contributed by atoms with Gasteiger partial charge >= 0.3 is 0 Å². The Morgan fingerprint density at radius 3 is 1.83 bits per heavy atom. The van der Waals surface area contributed by atoms with Crippen molar-refractivity contribution < 1.29 is 0 Å². The molecule has 0 bridgehead atoms. The van der Waals surface area contributed by atoms with E-state index in [0.29, 0.717) is 24.2 Å². The van der Waals surface area contributed by atoms with Gasteiger partial charge in [-0.15, -0.1) is 0 Å². The molecule has 5 aliphatic heterocycles. The highest BCUT2D eigenvalue weighted by atomic mass is 15.4. The number of aromatic nitrogens is 1. The summed E-state index contributed by atoms with van der Waals surface area (Å²) in [5.41, 5.74) is 18.1. The number of piperidine rings is 3. The number of likely N-dealkylation sites (tertiary alicyclic amines) is 1. The molecule has 13 rings (SSSR count). The lowest BCUT2D eigenvalue weighted by atomic mass is 9.87. The van der Waals surface area contributed by atoms with Crippen LogP contribution in [0.3, 0.4) is 0 Å². The predicted molar refractivity (Wildman–Crippen MR) is 273 cm³/mol. The smallest absolute Gasteiger partial charge is 0.101 e. The number of fused-ring (bicyclic) bond motifs is 9. The average Bonchev–Trinajstić information content (AvgIpc) is 3.82. The summed E-state index contributed by atoms with van der Waals surface area (Å²) in [6.45, 7) is 3.48. The SMILES string of the molecule is C1=C(N2CCCCC2c2ccccc2CC2c3cc(-c4ccc(-c5ccc6c(c5)c5ccccc5n6-c5ccccc5)cc4)ccc3C3CCCCN32)N2CCCCC2c2ccccc2C1. The van der Waals surface area contributed by atoms with Gasteiger partial charge in [0, 0.05) is 41.6 Å². The van der Waals surface area contributed by atoms with E-state index in [2.05, 4.69) is 189 Å². The maximum Gasteiger partial charge on any atom is 0.101 e. The standard InChI is InChI=1S/C62H60N4/c1-2-18-49(19-3-1)66-59-26-9-8-22-52(59)54-40-47(32-35-60(54)66)44-29-27-43(28-30-44)46-31-34-53-55(41-46)61(63-37-13-10-25-58(53)63)42-48-17-5-7-21-51(48)57-24-12-15-39-65(57)62-36-33-45-16-4-6-20-50(45)56-23-11-14-38-64(56)62/h1-9,16-22,26-32,34-36,40-41,56-58,61H,10-15,23-25,33,37-39,42H2. The molecular formula is C62H60N4. The van der Waals surface area contributed by atoms with E-state index in [1.165, 1.54) is 125 Å². The van der Waals surface area contributed by atoms with Crippen LogP contribution in [0.5, 0.6) is 0 Å². The van der Waals surface area contributed by atoms with Gasteiger partial charge in [-0.25, -0.2) is 0 Å². The molecule has 0 saturated carbocycles. The van der Waals surface area contributed by atoms with Gasteiger partial charge in [-0.2, -0.15) is 0 Å². The second kappa shape index (κ2) is 16.8. The molecule has 1 aromatic heterocycles. The maximum atomic E-state index is 2.89. The third-order valence-corrected chi connectivity index (χ3v) is 16.3. The Hall–Kier alpha value is -6.36. The summed E-state index contributed by atoms with van der Waals surface area (Å²) < 4.78 is 2.40. The lowest BCUT2D eigenvalue weighted by Crippen LogP contribution is -2.43. The van der Waals surface area contributed by atoms with Crippen molar-refractivity contribution in [2.45, 2.75) is 94.8 Å². The number of hydrogen-bond donors (Lipinski definition) is 0. The molecule has 8 aromatic rings. The first-order valence-electron chi connectivity index (χ1n) is 25.2. The third-order valence-electron chi connectivity index (χ3n) is 16.3. The maximum absolute atomic E-state index is 2.89. The fourth-order valence-electron chi connectivity index (χ4n) is 13.2. The molecule has 4 nitrogen and oxygen atoms in total. The van der Waals surface area contributed by atoms with Crippen LogP contribution in [-0.4, -0.2) is 38.9 Å². The number of para-hydroxylation sites is 2. The predicted octanol–water partition coefficient (Wildman–Crippen LogP) is 15.1. The lowest BCUT2D eigenvalue weighted by molar-refractivity contribution is 0.0869. The van der Waals surface area contributed by atoms with E-state index in [-0.39, 0.29) is 0 Å². The fourth-order valence-corrected chi connectivity index (χ4v) is 13.2. The molecule has 4 unspecified atom stereocenters. The van der Waals surface area contributed by atoms with Crippen molar-refractivity contribution >= 4 is 21.8 Å². The van der Waals surface area contributed by atoms with Crippen molar-refractivity contribution in [2.75, 3.05) is 19.6 Å². The highest BCUT2D eigenvalue weighted by Crippen LogP contribution is 2.50. The van der Waals surface area contributed by atoms with Crippen molar-refractivity contribution in [3.05, 3.63) is 209 Å². The highest BCUT2D eigenvalue weighted by molar-refractivity contribution is 6.10. The Morgan fingerprint density at radius 2 is 1.03 bits per heavy atom. The molecule has 3 fully saturated rings. The first kappa shape index (κ1) is 40.0. The number of nitrogens with zero attached hydrogens (tertiary/aromatic N) is 4. The van der Waals surface area contributed by atoms with E-state index in [4.69, 9.17) is 0 Å². The van der Waals surface area contributed by atoms with E-state index in [0.717, 1.165) is 25.9 Å². The minimum absolute atomic E-state index is 0.380. The minimum Gasteiger partial charge on any atom is -0.351 e. The van der Waals surface area contributed by atoms with Crippen molar-refractivity contribution in [2.24, 2.45) is 0 Å². The van der Waals surface area contributed by atoms with Gasteiger partial charge in [-0.1, -0.05) is 134 Å². The molecule has 0 spiro atoms. The number of allylic oxidation sites excluding steroid dienone is 1. The Labute approximate surface area is 390 Å². The van der Waals surface area contributed by atoms with Gasteiger partial charge in [-0.05, 0) is 169 Å². The van der Waals surface area contributed by atoms with Gasteiger partial charge < -0.3 is 14.4 Å². The molecule has 0 radical (unpaired) electrons. The molecule has 0 N–H and O–H groups in total. The van der Waals surface area contributed by atoms with Crippen LogP contribution in [0.15, 0.2) is 176 Å². The molecule has 7 aromatic carbocycles. The molecule has 0 amide bonds. The topological polar surface area (TPSA) is 14.7 Å². The van der Waals surface area contributed by atoms with Crippen LogP contribution in [0, 0.1) is 0 Å². The number of hydrogen-bond acceptors (Lipinski definition) is 3. The molecule has 5 aliphatic rings. The molecule has 4 heteroatoms. The second-order valence-corrected chi connectivity index (χ2v) is 19.9. The van der Waals surface area contributed by atoms with Crippen LogP contribution in [0.4, 0.5) is 0 Å². The molecular weight excluding hydrogens is 801 g/mol. The Kier molecular flexibility index (Phi) is 10.2. The monoisotopic (exact) mass is 860 g/mol. The van der Waals surface area contributed by atoms with Gasteiger partial charge in [0.15, 0.2) is 0 Å². The molecule has 6 heterocycles. The first-order valence-corrected chi connectivity index (χ1v) is 25.2. The summed E-state index contributed by atoms with van der Waals surface area (Å²) in [7, 11) is 0. The summed E-state index contributed by atoms with van der Waals surface area (Å²) in [5.74, 6) is 1.50. The van der Waals surface area contributed by atoms with Crippen LogP contribution in [-0.2, 0) is 12.8 Å². The van der Waals surface area contributed by atoms with Gasteiger partial charge in [0.25, 0.3) is 0 Å². The van der Waals surface area contributed by atoms with E-state index in [1.807, 2.05) is 0 Å². The summed E-state index contributed by atoms with van der Waals surface area (Å²) in [6.07, 6.45) is 16.2. The molecule has 328 valence electrons. The quantitative estimate of drug-likeness (QED) is 0.159. The highest BCUT2D eigenvalue weighted by Gasteiger charge is 2.41. The summed E-state index contributed by atoms with van der Waals surface area (Å²) in [5, 5.41) is 2.58. The summed E-state index contributed by atoms with van der Waals surface area (Å²) in [6, 6.07) is 64.1. The fraction of sp³-hybridized carbons (Fsp3) is 0.290. The molecule has 66 heavy (non-hydrogen) atoms. The normalized spacial score (nSPS) is 21.8. The van der Waals surface area contributed by atoms with Crippen LogP contribution >= 0.6 is 0 Å². The van der Waals surface area contributed by atoms with Crippen LogP contribution in [0.2, 0.25) is 0 Å². The van der Waals surface area contributed by atoms with Gasteiger partial charge in [0.1, 0.15) is 5.82 Å². The Morgan fingerprint density at radius 1 is 0.424 bits per heavy atom. The number of benzene rings is 7. The first-order chi connectivity index (χ1) is 32.7. The zero-order valence-corrected chi connectivity index (χ0v) is 38.2. The van der Waals surface area contributed by atoms with Gasteiger partial charge in [0.2, 0.25) is 0 Å². The molecule has 0 aliphatic carbocycles. The summed E-state index contributed by atoms with van der Waals surface area (Å²) >= 11 is 0. The van der Waals surface area contributed by atoms with E-state index in [9.17, 15) is 0 Å². The average molecular weight is 861 g/mol. The number of rotatable bonds is 7. The minimum atomic E-state index is 0.380. The largest absolute Gasteiger partial charge is 0.351 e. The van der Waals surface area contributed by atoms with E-state index in [1.54, 1.807) is 27.8 Å². The van der Waals surface area contributed by atoms with Crippen LogP contribution in [0.25, 0.3) is 49.7 Å². The van der Waals surface area contributed by atoms with Crippen molar-refractivity contribution in [1.29, 1.82) is 0 Å². The lowest BCUT2D eigenvalue weighted by Gasteiger charge is -2.47. The zero-order chi connectivity index (χ0) is 43.6. The third kappa shape index (κ3) is 6.82.